The average molecular weight is 429 g/mol. The van der Waals surface area contributed by atoms with Crippen LogP contribution in [-0.2, 0) is 9.53 Å². The van der Waals surface area contributed by atoms with E-state index in [0.29, 0.717) is 18.0 Å². The van der Waals surface area contributed by atoms with Crippen LogP contribution in [0.15, 0.2) is 63.7 Å². The van der Waals surface area contributed by atoms with Crippen molar-refractivity contribution in [2.75, 3.05) is 13.2 Å². The fourth-order valence-electron chi connectivity index (χ4n) is 2.68. The molecule has 2 N–H and O–H groups in total. The van der Waals surface area contributed by atoms with E-state index in [0.717, 1.165) is 17.8 Å². The number of halogens is 1. The second-order valence-corrected chi connectivity index (χ2v) is 7.11. The number of aromatic hydroxyl groups is 1. The zero-order chi connectivity index (χ0) is 21.7. The van der Waals surface area contributed by atoms with Gasteiger partial charge in [0.15, 0.2) is 11.6 Å². The third kappa shape index (κ3) is 4.65. The number of aliphatic imine (C=N–C) groups is 1. The highest BCUT2D eigenvalue weighted by Crippen LogP contribution is 2.41. The topological polar surface area (TPSA) is 88.4 Å². The first-order valence-electron chi connectivity index (χ1n) is 9.24. The Balaban J connectivity index is 2.02. The minimum absolute atomic E-state index is 0.0853. The number of para-hydroxylation sites is 1. The van der Waals surface area contributed by atoms with Crippen LogP contribution in [0.5, 0.6) is 11.5 Å². The monoisotopic (exact) mass is 429 g/mol. The minimum atomic E-state index is -0.787. The molecule has 2 aromatic rings. The third-order valence-electron chi connectivity index (χ3n) is 4.05. The van der Waals surface area contributed by atoms with Crippen LogP contribution in [0.3, 0.4) is 0 Å². The largest absolute Gasteiger partial charge is 0.506 e. The van der Waals surface area contributed by atoms with Crippen molar-refractivity contribution in [3.8, 4) is 11.5 Å². The number of aliphatic hydroxyl groups is 1. The molecule has 6 nitrogen and oxygen atoms in total. The third-order valence-corrected chi connectivity index (χ3v) is 5.07. The summed E-state index contributed by atoms with van der Waals surface area (Å²) in [7, 11) is 0. The Morgan fingerprint density at radius 1 is 1.13 bits per heavy atom. The predicted octanol–water partition coefficient (Wildman–Crippen LogP) is 5.12. The van der Waals surface area contributed by atoms with Gasteiger partial charge in [0.2, 0.25) is 0 Å². The maximum absolute atomic E-state index is 13.6. The number of thioether (sulfide) groups is 1. The number of carbonyl (C=O) groups is 1. The number of nitrogens with zero attached hydrogens (tertiary/aromatic N) is 1. The average Bonchev–Trinajstić information content (AvgIpc) is 3.02. The maximum Gasteiger partial charge on any atom is 0.344 e. The molecule has 8 heteroatoms. The summed E-state index contributed by atoms with van der Waals surface area (Å²) in [4.78, 5) is 17.1. The molecule has 0 radical (unpaired) electrons. The number of hydrogen-bond acceptors (Lipinski definition) is 7. The molecule has 2 aromatic carbocycles. The number of rotatable bonds is 6. The molecule has 0 fully saturated rings. The van der Waals surface area contributed by atoms with Crippen LogP contribution in [0.4, 0.5) is 10.1 Å². The molecule has 0 aromatic heterocycles. The van der Waals surface area contributed by atoms with E-state index in [1.807, 2.05) is 6.92 Å². The Bertz CT molecular complexity index is 1040. The summed E-state index contributed by atoms with van der Waals surface area (Å²) < 4.78 is 24.1. The smallest absolute Gasteiger partial charge is 0.344 e. The molecule has 30 heavy (non-hydrogen) atoms. The molecule has 0 amide bonds. The molecule has 0 unspecified atom stereocenters. The van der Waals surface area contributed by atoms with Crippen molar-refractivity contribution in [2.24, 2.45) is 4.99 Å². The van der Waals surface area contributed by atoms with Gasteiger partial charge < -0.3 is 19.7 Å². The first-order valence-corrected chi connectivity index (χ1v) is 10.1. The summed E-state index contributed by atoms with van der Waals surface area (Å²) >= 11 is 1.02. The molecule has 156 valence electrons. The fraction of sp³-hybridized carbons (Fsp3) is 0.182. The van der Waals surface area contributed by atoms with E-state index in [4.69, 9.17) is 9.47 Å². The number of aliphatic hydroxyl groups excluding tert-OH is 1. The Morgan fingerprint density at radius 2 is 1.87 bits per heavy atom. The van der Waals surface area contributed by atoms with Crippen molar-refractivity contribution in [3.05, 3.63) is 70.1 Å². The highest BCUT2D eigenvalue weighted by atomic mass is 32.2. The first-order chi connectivity index (χ1) is 14.4. The molecule has 0 bridgehead atoms. The highest BCUT2D eigenvalue weighted by Gasteiger charge is 2.33. The Morgan fingerprint density at radius 3 is 2.53 bits per heavy atom. The maximum atomic E-state index is 13.6. The molecular formula is C22H20FNO5S. The summed E-state index contributed by atoms with van der Waals surface area (Å²) in [5, 5.41) is 20.8. The lowest BCUT2D eigenvalue weighted by atomic mass is 10.1. The highest BCUT2D eigenvalue weighted by molar-refractivity contribution is 8.18. The van der Waals surface area contributed by atoms with Crippen molar-refractivity contribution in [2.45, 2.75) is 13.8 Å². The molecule has 0 aliphatic carbocycles. The van der Waals surface area contributed by atoms with Crippen LogP contribution < -0.4 is 4.74 Å². The number of phenolic OH excluding ortho intramolecular Hbond substituents is 1. The number of benzene rings is 2. The van der Waals surface area contributed by atoms with E-state index in [1.165, 1.54) is 18.2 Å². The lowest BCUT2D eigenvalue weighted by Gasteiger charge is -2.05. The molecule has 0 atom stereocenters. The number of hydrogen-bond donors (Lipinski definition) is 2. The first kappa shape index (κ1) is 21.4. The lowest BCUT2D eigenvalue weighted by molar-refractivity contribution is -0.138. The van der Waals surface area contributed by atoms with Gasteiger partial charge in [0.05, 0.1) is 23.8 Å². The number of carbonyl (C=O) groups excluding carboxylic acids is 1. The number of phenols is 1. The zero-order valence-corrected chi connectivity index (χ0v) is 17.2. The van der Waals surface area contributed by atoms with Crippen LogP contribution in [0.1, 0.15) is 19.4 Å². The Hall–Kier alpha value is -3.26. The van der Waals surface area contributed by atoms with E-state index in [-0.39, 0.29) is 33.5 Å². The standard InChI is InChI=1S/C22H20FNO5S/c1-3-28-15-10-8-14(9-11-15)24-21-18(22(27)29-4-2)20(26)17(30-21)12-13-6-5-7-16(23)19(13)25/h5-12,25-26H,3-4H2,1-2H3. The van der Waals surface area contributed by atoms with Gasteiger partial charge in [-0.1, -0.05) is 23.9 Å². The molecule has 0 spiro atoms. The Kier molecular flexibility index (Phi) is 6.79. The second-order valence-electron chi connectivity index (χ2n) is 6.08. The molecular weight excluding hydrogens is 409 g/mol. The zero-order valence-electron chi connectivity index (χ0n) is 16.4. The normalized spacial score (nSPS) is 16.4. The number of ether oxygens (including phenoxy) is 2. The summed E-state index contributed by atoms with van der Waals surface area (Å²) in [6, 6.07) is 11.0. The van der Waals surface area contributed by atoms with Gasteiger partial charge in [0.25, 0.3) is 0 Å². The van der Waals surface area contributed by atoms with Crippen LogP contribution in [0, 0.1) is 5.82 Å². The second kappa shape index (κ2) is 9.49. The van der Waals surface area contributed by atoms with Crippen molar-refractivity contribution >= 4 is 34.5 Å². The Labute approximate surface area is 177 Å². The minimum Gasteiger partial charge on any atom is -0.506 e. The van der Waals surface area contributed by atoms with Gasteiger partial charge in [-0.05, 0) is 50.3 Å². The molecule has 1 aliphatic rings. The van der Waals surface area contributed by atoms with Crippen molar-refractivity contribution in [1.29, 1.82) is 0 Å². The van der Waals surface area contributed by atoms with Crippen LogP contribution in [-0.4, -0.2) is 34.4 Å². The van der Waals surface area contributed by atoms with E-state index in [2.05, 4.69) is 4.99 Å². The summed E-state index contributed by atoms with van der Waals surface area (Å²) in [5.41, 5.74) is 0.623. The molecule has 0 saturated carbocycles. The SMILES string of the molecule is CCOC(=O)C1=C(O)C(=Cc2cccc(F)c2O)SC1=Nc1ccc(OCC)cc1. The van der Waals surface area contributed by atoms with Gasteiger partial charge in [-0.2, -0.15) is 0 Å². The van der Waals surface area contributed by atoms with Crippen LogP contribution in [0.25, 0.3) is 6.08 Å². The molecule has 0 saturated heterocycles. The van der Waals surface area contributed by atoms with Gasteiger partial charge in [-0.15, -0.1) is 0 Å². The lowest BCUT2D eigenvalue weighted by Crippen LogP contribution is -2.12. The van der Waals surface area contributed by atoms with Crippen LogP contribution >= 0.6 is 11.8 Å². The summed E-state index contributed by atoms with van der Waals surface area (Å²) in [6.45, 7) is 4.20. The quantitative estimate of drug-likeness (QED) is 0.620. The molecule has 1 heterocycles. The van der Waals surface area contributed by atoms with Crippen LogP contribution in [0.2, 0.25) is 0 Å². The van der Waals surface area contributed by atoms with E-state index in [9.17, 15) is 19.4 Å². The summed E-state index contributed by atoms with van der Waals surface area (Å²) in [5.74, 6) is -1.71. The van der Waals surface area contributed by atoms with Gasteiger partial charge in [0.1, 0.15) is 22.1 Å². The molecule has 1 aliphatic heterocycles. The van der Waals surface area contributed by atoms with Gasteiger partial charge >= 0.3 is 5.97 Å². The predicted molar refractivity (Wildman–Crippen MR) is 115 cm³/mol. The van der Waals surface area contributed by atoms with E-state index < -0.39 is 17.5 Å². The van der Waals surface area contributed by atoms with Crippen molar-refractivity contribution in [1.82, 2.24) is 0 Å². The summed E-state index contributed by atoms with van der Waals surface area (Å²) in [6.07, 6.45) is 1.39. The van der Waals surface area contributed by atoms with Gasteiger partial charge in [0, 0.05) is 5.56 Å². The van der Waals surface area contributed by atoms with E-state index >= 15 is 0 Å². The van der Waals surface area contributed by atoms with Gasteiger partial charge in [-0.3, -0.25) is 0 Å². The van der Waals surface area contributed by atoms with Crippen molar-refractivity contribution in [3.63, 3.8) is 0 Å². The van der Waals surface area contributed by atoms with Crippen molar-refractivity contribution < 1.29 is 28.9 Å². The van der Waals surface area contributed by atoms with E-state index in [1.54, 1.807) is 31.2 Å². The van der Waals surface area contributed by atoms with Gasteiger partial charge in [-0.25, -0.2) is 14.2 Å². The number of esters is 1. The fourth-order valence-corrected chi connectivity index (χ4v) is 3.71. The molecule has 3 rings (SSSR count).